The molecule has 0 saturated carbocycles. The molecule has 0 spiro atoms. The Bertz CT molecular complexity index is 4010. The van der Waals surface area contributed by atoms with Crippen LogP contribution in [0.15, 0.2) is 186 Å². The van der Waals surface area contributed by atoms with Crippen molar-refractivity contribution in [2.75, 3.05) is 0 Å². The Morgan fingerprint density at radius 1 is 0.333 bits per heavy atom. The van der Waals surface area contributed by atoms with Gasteiger partial charge in [0.2, 0.25) is 0 Å². The van der Waals surface area contributed by atoms with Gasteiger partial charge < -0.3 is 8.98 Å². The summed E-state index contributed by atoms with van der Waals surface area (Å²) >= 11 is 0. The molecule has 0 radical (unpaired) electrons. The molecule has 5 nitrogen and oxygen atoms in total. The molecule has 13 aromatic rings. The maximum atomic E-state index is 6.49. The zero-order valence-corrected chi connectivity index (χ0v) is 32.0. The largest absolute Gasteiger partial charge is 0.456 e. The van der Waals surface area contributed by atoms with E-state index in [-0.39, 0.29) is 0 Å². The first-order chi connectivity index (χ1) is 29.7. The molecular formula is C55H30N4O. The van der Waals surface area contributed by atoms with Crippen LogP contribution in [0.4, 0.5) is 0 Å². The van der Waals surface area contributed by atoms with E-state index in [9.17, 15) is 0 Å². The summed E-state index contributed by atoms with van der Waals surface area (Å²) in [6.07, 6.45) is 0. The lowest BCUT2D eigenvalue weighted by Crippen LogP contribution is -2.01. The van der Waals surface area contributed by atoms with Gasteiger partial charge >= 0.3 is 0 Å². The van der Waals surface area contributed by atoms with Crippen LogP contribution in [-0.4, -0.2) is 19.5 Å². The summed E-state index contributed by atoms with van der Waals surface area (Å²) in [6, 6.07) is 64.8. The van der Waals surface area contributed by atoms with Crippen molar-refractivity contribution < 1.29 is 4.42 Å². The molecule has 0 unspecified atom stereocenters. The van der Waals surface area contributed by atoms with Crippen molar-refractivity contribution in [2.45, 2.75) is 0 Å². The first kappa shape index (κ1) is 31.9. The minimum atomic E-state index is 0.632. The van der Waals surface area contributed by atoms with Gasteiger partial charge in [-0.1, -0.05) is 140 Å². The molecular weight excluding hydrogens is 733 g/mol. The number of hydrogen-bond donors (Lipinski definition) is 0. The third-order valence-corrected chi connectivity index (χ3v) is 12.7. The zero-order valence-electron chi connectivity index (χ0n) is 32.0. The average molecular weight is 763 g/mol. The van der Waals surface area contributed by atoms with Crippen molar-refractivity contribution in [3.05, 3.63) is 182 Å². The normalized spacial score (nSPS) is 12.3. The van der Waals surface area contributed by atoms with E-state index in [0.717, 1.165) is 55.1 Å². The SMILES string of the molecule is c1ccc(-c2nc(-c3ccc4c(-n5c6cccc7c6c6c8c(ccc9oc%10cccc-7c%10c98)ccc65)cccc4c3)nc(-c3cc4ccccc4c4ccccc34)n2)cc1. The Balaban J connectivity index is 1.00. The molecule has 5 heteroatoms. The molecule has 14 rings (SSSR count). The minimum Gasteiger partial charge on any atom is -0.456 e. The van der Waals surface area contributed by atoms with Crippen LogP contribution in [0.25, 0.3) is 138 Å². The molecule has 0 saturated heterocycles. The topological polar surface area (TPSA) is 56.7 Å². The highest BCUT2D eigenvalue weighted by Crippen LogP contribution is 2.51. The molecule has 0 N–H and O–H groups in total. The summed E-state index contributed by atoms with van der Waals surface area (Å²) in [7, 11) is 0. The first-order valence-electron chi connectivity index (χ1n) is 20.4. The predicted molar refractivity (Wildman–Crippen MR) is 247 cm³/mol. The van der Waals surface area contributed by atoms with E-state index in [1.807, 2.05) is 18.2 Å². The summed E-state index contributed by atoms with van der Waals surface area (Å²) < 4.78 is 8.95. The summed E-state index contributed by atoms with van der Waals surface area (Å²) in [5.74, 6) is 1.92. The number of rotatable bonds is 4. The summed E-state index contributed by atoms with van der Waals surface area (Å²) in [6.45, 7) is 0. The lowest BCUT2D eigenvalue weighted by Gasteiger charge is -2.14. The van der Waals surface area contributed by atoms with Crippen molar-refractivity contribution in [3.63, 3.8) is 0 Å². The summed E-state index contributed by atoms with van der Waals surface area (Å²) in [4.78, 5) is 15.6. The Labute approximate surface area is 342 Å². The molecule has 0 atom stereocenters. The number of hydrogen-bond acceptors (Lipinski definition) is 4. The molecule has 0 aliphatic heterocycles. The van der Waals surface area contributed by atoms with E-state index in [0.29, 0.717) is 17.5 Å². The smallest absolute Gasteiger partial charge is 0.164 e. The molecule has 3 aromatic heterocycles. The average Bonchev–Trinajstić information content (AvgIpc) is 3.83. The second-order valence-electron chi connectivity index (χ2n) is 15.9. The Kier molecular flexibility index (Phi) is 6.23. The maximum absolute atomic E-state index is 6.49. The fourth-order valence-corrected chi connectivity index (χ4v) is 10.2. The van der Waals surface area contributed by atoms with Crippen LogP contribution in [0.2, 0.25) is 0 Å². The lowest BCUT2D eigenvalue weighted by atomic mass is 9.97. The third-order valence-electron chi connectivity index (χ3n) is 12.7. The van der Waals surface area contributed by atoms with Gasteiger partial charge in [-0.05, 0) is 85.9 Å². The Morgan fingerprint density at radius 2 is 1.00 bits per heavy atom. The fraction of sp³-hybridized carbons (Fsp3) is 0. The second kappa shape index (κ2) is 11.7. The summed E-state index contributed by atoms with van der Waals surface area (Å²) in [5.41, 5.74) is 10.6. The lowest BCUT2D eigenvalue weighted by molar-refractivity contribution is 0.669. The van der Waals surface area contributed by atoms with E-state index in [2.05, 4.69) is 168 Å². The fourth-order valence-electron chi connectivity index (χ4n) is 10.2. The zero-order chi connectivity index (χ0) is 39.1. The van der Waals surface area contributed by atoms with Gasteiger partial charge in [-0.2, -0.15) is 0 Å². The highest BCUT2D eigenvalue weighted by Gasteiger charge is 2.26. The quantitative estimate of drug-likeness (QED) is 0.168. The van der Waals surface area contributed by atoms with Crippen LogP contribution in [0, 0.1) is 0 Å². The highest BCUT2D eigenvalue weighted by atomic mass is 16.3. The standard InChI is InChI=1S/C55H30N4O/c1-2-11-32(12-3-1)53-56-54(58-55(57-53)42-30-34-13-4-5-15-36(34)38-16-6-7-17-39(38)42)35-23-26-37-33(29-35)14-8-20-43(37)59-44-21-9-18-40-41-19-10-22-46-50(41)52-47(60-46)28-25-31-24-27-45(59)51(48(31)52)49(40)44/h1-30H. The van der Waals surface area contributed by atoms with Gasteiger partial charge in [0.1, 0.15) is 11.2 Å². The predicted octanol–water partition coefficient (Wildman–Crippen LogP) is 14.5. The number of benzene rings is 10. The van der Waals surface area contributed by atoms with Crippen molar-refractivity contribution in [3.8, 4) is 51.0 Å². The van der Waals surface area contributed by atoms with E-state index < -0.39 is 0 Å². The third kappa shape index (κ3) is 4.27. The molecule has 3 heterocycles. The van der Waals surface area contributed by atoms with Crippen molar-refractivity contribution >= 4 is 86.8 Å². The van der Waals surface area contributed by atoms with Crippen molar-refractivity contribution in [1.29, 1.82) is 0 Å². The van der Waals surface area contributed by atoms with Crippen LogP contribution >= 0.6 is 0 Å². The van der Waals surface area contributed by atoms with Gasteiger partial charge in [0.15, 0.2) is 17.5 Å². The number of aromatic nitrogens is 4. The molecule has 276 valence electrons. The molecule has 1 aliphatic rings. The number of nitrogens with zero attached hydrogens (tertiary/aromatic N) is 4. The van der Waals surface area contributed by atoms with Gasteiger partial charge in [-0.15, -0.1) is 0 Å². The van der Waals surface area contributed by atoms with Crippen LogP contribution in [0.1, 0.15) is 0 Å². The van der Waals surface area contributed by atoms with Gasteiger partial charge in [0.25, 0.3) is 0 Å². The molecule has 0 bridgehead atoms. The second-order valence-corrected chi connectivity index (χ2v) is 15.9. The van der Waals surface area contributed by atoms with Crippen molar-refractivity contribution in [2.24, 2.45) is 0 Å². The molecule has 60 heavy (non-hydrogen) atoms. The van der Waals surface area contributed by atoms with Crippen LogP contribution in [0.3, 0.4) is 0 Å². The van der Waals surface area contributed by atoms with E-state index in [4.69, 9.17) is 19.4 Å². The Hall–Kier alpha value is -8.15. The molecule has 1 aliphatic carbocycles. The highest BCUT2D eigenvalue weighted by molar-refractivity contribution is 6.38. The molecule has 10 aromatic carbocycles. The van der Waals surface area contributed by atoms with Gasteiger partial charge in [0.05, 0.1) is 16.7 Å². The Morgan fingerprint density at radius 3 is 1.90 bits per heavy atom. The van der Waals surface area contributed by atoms with E-state index in [1.165, 1.54) is 65.3 Å². The van der Waals surface area contributed by atoms with E-state index >= 15 is 0 Å². The van der Waals surface area contributed by atoms with Crippen LogP contribution < -0.4 is 0 Å². The number of furan rings is 1. The first-order valence-corrected chi connectivity index (χ1v) is 20.4. The number of fused-ring (bicyclic) bond motifs is 5. The summed E-state index contributed by atoms with van der Waals surface area (Å²) in [5, 5.41) is 14.3. The van der Waals surface area contributed by atoms with Crippen LogP contribution in [0.5, 0.6) is 0 Å². The van der Waals surface area contributed by atoms with E-state index in [1.54, 1.807) is 0 Å². The molecule has 0 fully saturated rings. The monoisotopic (exact) mass is 762 g/mol. The van der Waals surface area contributed by atoms with Gasteiger partial charge in [-0.3, -0.25) is 0 Å². The van der Waals surface area contributed by atoms with Gasteiger partial charge in [0, 0.05) is 49.0 Å². The minimum absolute atomic E-state index is 0.632. The van der Waals surface area contributed by atoms with Gasteiger partial charge in [-0.25, -0.2) is 15.0 Å². The molecule has 0 amide bonds. The van der Waals surface area contributed by atoms with Crippen molar-refractivity contribution in [1.82, 2.24) is 19.5 Å². The van der Waals surface area contributed by atoms with Crippen LogP contribution in [-0.2, 0) is 0 Å². The maximum Gasteiger partial charge on any atom is 0.164 e.